The van der Waals surface area contributed by atoms with Gasteiger partial charge in [0.15, 0.2) is 0 Å². The van der Waals surface area contributed by atoms with Gasteiger partial charge in [0.05, 0.1) is 0 Å². The van der Waals surface area contributed by atoms with E-state index in [2.05, 4.69) is 63.2 Å². The number of rotatable bonds is 5. The number of nitrogens with two attached hydrogens (primary N) is 1. The maximum Gasteiger partial charge on any atom is 0.0387 e. The molecule has 0 saturated carbocycles. The lowest BCUT2D eigenvalue weighted by Crippen LogP contribution is -2.13. The van der Waals surface area contributed by atoms with Crippen LogP contribution in [0.3, 0.4) is 0 Å². The second-order valence-corrected chi connectivity index (χ2v) is 6.56. The highest BCUT2D eigenvalue weighted by atomic mass is 32.2. The first-order valence-corrected chi connectivity index (χ1v) is 8.17. The molecular formula is C18H23NS. The summed E-state index contributed by atoms with van der Waals surface area (Å²) in [7, 11) is 0. The maximum absolute atomic E-state index is 6.31. The van der Waals surface area contributed by atoms with Gasteiger partial charge in [-0.3, -0.25) is 0 Å². The molecule has 0 bridgehead atoms. The molecule has 106 valence electrons. The minimum Gasteiger partial charge on any atom is -0.323 e. The van der Waals surface area contributed by atoms with E-state index in [-0.39, 0.29) is 6.04 Å². The van der Waals surface area contributed by atoms with Crippen LogP contribution in [0.15, 0.2) is 42.5 Å². The Hall–Kier alpha value is -1.25. The molecular weight excluding hydrogens is 262 g/mol. The van der Waals surface area contributed by atoms with Crippen LogP contribution in [0.5, 0.6) is 0 Å². The van der Waals surface area contributed by atoms with E-state index in [0.29, 0.717) is 0 Å². The fourth-order valence-corrected chi connectivity index (χ4v) is 3.41. The Labute approximate surface area is 126 Å². The third kappa shape index (κ3) is 4.39. The summed E-state index contributed by atoms with van der Waals surface area (Å²) >= 11 is 1.90. The molecule has 2 rings (SSSR count). The van der Waals surface area contributed by atoms with E-state index in [0.717, 1.165) is 11.5 Å². The predicted octanol–water partition coefficient (Wildman–Crippen LogP) is 4.55. The lowest BCUT2D eigenvalue weighted by atomic mass is 10.0. The Kier molecular flexibility index (Phi) is 5.27. The summed E-state index contributed by atoms with van der Waals surface area (Å²) in [5.74, 6) is 1.98. The molecule has 1 nitrogen and oxygen atoms in total. The van der Waals surface area contributed by atoms with Gasteiger partial charge < -0.3 is 5.73 Å². The minimum atomic E-state index is 0.114. The summed E-state index contributed by atoms with van der Waals surface area (Å²) in [6.07, 6.45) is 0. The number of benzene rings is 2. The molecule has 1 atom stereocenters. The van der Waals surface area contributed by atoms with Gasteiger partial charge in [-0.1, -0.05) is 59.2 Å². The zero-order chi connectivity index (χ0) is 14.5. The van der Waals surface area contributed by atoms with Gasteiger partial charge in [-0.05, 0) is 31.9 Å². The first-order chi connectivity index (χ1) is 9.54. The maximum atomic E-state index is 6.31. The highest BCUT2D eigenvalue weighted by molar-refractivity contribution is 7.98. The van der Waals surface area contributed by atoms with Crippen LogP contribution in [0, 0.1) is 20.8 Å². The van der Waals surface area contributed by atoms with Gasteiger partial charge in [0.2, 0.25) is 0 Å². The van der Waals surface area contributed by atoms with Crippen LogP contribution in [0.1, 0.15) is 33.9 Å². The van der Waals surface area contributed by atoms with Crippen molar-refractivity contribution in [3.05, 3.63) is 70.3 Å². The SMILES string of the molecule is Cc1cccc(CSCC(N)c2cc(C)cc(C)c2)c1. The van der Waals surface area contributed by atoms with Crippen LogP contribution in [-0.4, -0.2) is 5.75 Å². The van der Waals surface area contributed by atoms with Crippen molar-refractivity contribution in [2.24, 2.45) is 5.73 Å². The molecule has 0 aliphatic rings. The molecule has 0 saturated heterocycles. The molecule has 0 aliphatic heterocycles. The van der Waals surface area contributed by atoms with Gasteiger partial charge in [-0.25, -0.2) is 0 Å². The summed E-state index contributed by atoms with van der Waals surface area (Å²) < 4.78 is 0. The molecule has 2 heteroatoms. The average molecular weight is 285 g/mol. The Morgan fingerprint density at radius 3 is 2.30 bits per heavy atom. The Bertz CT molecular complexity index is 557. The standard InChI is InChI=1S/C18H23NS/c1-13-5-4-6-16(8-13)11-20-12-18(19)17-9-14(2)7-15(3)10-17/h4-10,18H,11-12,19H2,1-3H3. The second-order valence-electron chi connectivity index (χ2n) is 5.53. The van der Waals surface area contributed by atoms with Crippen molar-refractivity contribution < 1.29 is 0 Å². The third-order valence-corrected chi connectivity index (χ3v) is 4.45. The van der Waals surface area contributed by atoms with Gasteiger partial charge in [0.1, 0.15) is 0 Å². The number of hydrogen-bond donors (Lipinski definition) is 1. The normalized spacial score (nSPS) is 12.4. The van der Waals surface area contributed by atoms with Crippen molar-refractivity contribution >= 4 is 11.8 Å². The zero-order valence-electron chi connectivity index (χ0n) is 12.5. The lowest BCUT2D eigenvalue weighted by Gasteiger charge is -2.13. The van der Waals surface area contributed by atoms with E-state index in [9.17, 15) is 0 Å². The molecule has 2 aromatic rings. The predicted molar refractivity (Wildman–Crippen MR) is 90.2 cm³/mol. The van der Waals surface area contributed by atoms with Crippen LogP contribution < -0.4 is 5.73 Å². The molecule has 0 aliphatic carbocycles. The van der Waals surface area contributed by atoms with E-state index in [4.69, 9.17) is 5.73 Å². The van der Waals surface area contributed by atoms with Crippen LogP contribution in [0.25, 0.3) is 0 Å². The summed E-state index contributed by atoms with van der Waals surface area (Å²) in [5.41, 5.74) is 12.8. The van der Waals surface area contributed by atoms with Gasteiger partial charge in [-0.15, -0.1) is 0 Å². The first-order valence-electron chi connectivity index (χ1n) is 7.01. The molecule has 2 aromatic carbocycles. The molecule has 1 unspecified atom stereocenters. The molecule has 0 heterocycles. The van der Waals surface area contributed by atoms with Crippen LogP contribution in [-0.2, 0) is 5.75 Å². The van der Waals surface area contributed by atoms with Gasteiger partial charge in [0.25, 0.3) is 0 Å². The Morgan fingerprint density at radius 2 is 1.65 bits per heavy atom. The van der Waals surface area contributed by atoms with Crippen molar-refractivity contribution in [3.8, 4) is 0 Å². The van der Waals surface area contributed by atoms with Crippen molar-refractivity contribution in [3.63, 3.8) is 0 Å². The van der Waals surface area contributed by atoms with Crippen molar-refractivity contribution in [1.82, 2.24) is 0 Å². The Morgan fingerprint density at radius 1 is 0.950 bits per heavy atom. The second kappa shape index (κ2) is 6.96. The highest BCUT2D eigenvalue weighted by Crippen LogP contribution is 2.21. The van der Waals surface area contributed by atoms with Crippen LogP contribution in [0.4, 0.5) is 0 Å². The van der Waals surface area contributed by atoms with Crippen molar-refractivity contribution in [2.75, 3.05) is 5.75 Å². The smallest absolute Gasteiger partial charge is 0.0387 e. The fraction of sp³-hybridized carbons (Fsp3) is 0.333. The largest absolute Gasteiger partial charge is 0.323 e. The highest BCUT2D eigenvalue weighted by Gasteiger charge is 2.07. The average Bonchev–Trinajstić information content (AvgIpc) is 2.37. The molecule has 0 aromatic heterocycles. The monoisotopic (exact) mass is 285 g/mol. The van der Waals surface area contributed by atoms with E-state index < -0.39 is 0 Å². The van der Waals surface area contributed by atoms with E-state index in [1.807, 2.05) is 11.8 Å². The van der Waals surface area contributed by atoms with Gasteiger partial charge >= 0.3 is 0 Å². The van der Waals surface area contributed by atoms with E-state index >= 15 is 0 Å². The third-order valence-electron chi connectivity index (χ3n) is 3.32. The molecule has 0 spiro atoms. The Balaban J connectivity index is 1.90. The summed E-state index contributed by atoms with van der Waals surface area (Å²) in [6.45, 7) is 6.39. The summed E-state index contributed by atoms with van der Waals surface area (Å²) in [6, 6.07) is 15.4. The zero-order valence-corrected chi connectivity index (χ0v) is 13.3. The van der Waals surface area contributed by atoms with E-state index in [1.54, 1.807) is 0 Å². The molecule has 0 radical (unpaired) electrons. The quantitative estimate of drug-likeness (QED) is 0.872. The lowest BCUT2D eigenvalue weighted by molar-refractivity contribution is 0.828. The number of aryl methyl sites for hydroxylation is 3. The van der Waals surface area contributed by atoms with Gasteiger partial charge in [0, 0.05) is 17.5 Å². The van der Waals surface area contributed by atoms with Crippen LogP contribution >= 0.6 is 11.8 Å². The van der Waals surface area contributed by atoms with Crippen molar-refractivity contribution in [2.45, 2.75) is 32.6 Å². The van der Waals surface area contributed by atoms with Crippen molar-refractivity contribution in [1.29, 1.82) is 0 Å². The van der Waals surface area contributed by atoms with E-state index in [1.165, 1.54) is 27.8 Å². The van der Waals surface area contributed by atoms with Crippen LogP contribution in [0.2, 0.25) is 0 Å². The first kappa shape index (κ1) is 15.1. The van der Waals surface area contributed by atoms with Gasteiger partial charge in [-0.2, -0.15) is 11.8 Å². The minimum absolute atomic E-state index is 0.114. The molecule has 2 N–H and O–H groups in total. The number of thioether (sulfide) groups is 1. The summed E-state index contributed by atoms with van der Waals surface area (Å²) in [4.78, 5) is 0. The molecule has 20 heavy (non-hydrogen) atoms. The number of hydrogen-bond acceptors (Lipinski definition) is 2. The molecule has 0 amide bonds. The fourth-order valence-electron chi connectivity index (χ4n) is 2.43. The topological polar surface area (TPSA) is 26.0 Å². The molecule has 0 fully saturated rings. The summed E-state index contributed by atoms with van der Waals surface area (Å²) in [5, 5.41) is 0.